The molecule has 0 atom stereocenters. The van der Waals surface area contributed by atoms with Crippen molar-refractivity contribution in [2.24, 2.45) is 5.73 Å². The topological polar surface area (TPSA) is 52.3 Å². The lowest BCUT2D eigenvalue weighted by atomic mass is 10.2. The molecule has 0 unspecified atom stereocenters. The lowest BCUT2D eigenvalue weighted by Gasteiger charge is -2.01. The second kappa shape index (κ2) is 11.8. The predicted octanol–water partition coefficient (Wildman–Crippen LogP) is 3.18. The standard InChI is InChI=1S/C15H21NO2.ClH/c16-12-6-1-2-7-13-18-15(17)11-10-14-8-4-3-5-9-14;/h3-5,8-11H,1-2,6-7,12-13,16H2;1H. The van der Waals surface area contributed by atoms with Gasteiger partial charge in [-0.05, 0) is 31.0 Å². The van der Waals surface area contributed by atoms with Crippen molar-refractivity contribution in [1.29, 1.82) is 0 Å². The smallest absolute Gasteiger partial charge is 0.330 e. The molecule has 0 radical (unpaired) electrons. The number of esters is 1. The van der Waals surface area contributed by atoms with Crippen LogP contribution in [0.2, 0.25) is 0 Å². The molecule has 106 valence electrons. The van der Waals surface area contributed by atoms with Crippen LogP contribution in [0, 0.1) is 0 Å². The maximum atomic E-state index is 11.4. The Morgan fingerprint density at radius 3 is 2.47 bits per heavy atom. The molecule has 0 saturated carbocycles. The van der Waals surface area contributed by atoms with Crippen molar-refractivity contribution in [2.45, 2.75) is 25.7 Å². The summed E-state index contributed by atoms with van der Waals surface area (Å²) in [7, 11) is 0. The Balaban J connectivity index is 0.00000324. The highest BCUT2D eigenvalue weighted by atomic mass is 35.5. The van der Waals surface area contributed by atoms with Crippen LogP contribution in [0.1, 0.15) is 31.2 Å². The van der Waals surface area contributed by atoms with Gasteiger partial charge in [0, 0.05) is 6.08 Å². The minimum atomic E-state index is -0.280. The number of halogens is 1. The molecule has 1 rings (SSSR count). The molecule has 4 heteroatoms. The molecular formula is C15H22ClNO2. The van der Waals surface area contributed by atoms with Crippen LogP contribution in [0.3, 0.4) is 0 Å². The summed E-state index contributed by atoms with van der Waals surface area (Å²) < 4.78 is 5.09. The third kappa shape index (κ3) is 9.28. The summed E-state index contributed by atoms with van der Waals surface area (Å²) in [5.41, 5.74) is 6.39. The summed E-state index contributed by atoms with van der Waals surface area (Å²) in [5.74, 6) is -0.280. The number of benzene rings is 1. The van der Waals surface area contributed by atoms with Gasteiger partial charge in [-0.15, -0.1) is 12.4 Å². The molecule has 1 aromatic rings. The van der Waals surface area contributed by atoms with Gasteiger partial charge >= 0.3 is 5.97 Å². The first kappa shape index (κ1) is 17.7. The number of nitrogens with two attached hydrogens (primary N) is 1. The van der Waals surface area contributed by atoms with Crippen molar-refractivity contribution >= 4 is 24.5 Å². The number of carbonyl (C=O) groups excluding carboxylic acids is 1. The predicted molar refractivity (Wildman–Crippen MR) is 81.2 cm³/mol. The van der Waals surface area contributed by atoms with Crippen molar-refractivity contribution in [3.05, 3.63) is 42.0 Å². The third-order valence-electron chi connectivity index (χ3n) is 2.55. The van der Waals surface area contributed by atoms with Crippen LogP contribution < -0.4 is 5.73 Å². The number of carbonyl (C=O) groups is 1. The van der Waals surface area contributed by atoms with Crippen LogP contribution in [-0.4, -0.2) is 19.1 Å². The molecule has 0 bridgehead atoms. The van der Waals surface area contributed by atoms with Crippen LogP contribution in [0.25, 0.3) is 6.08 Å². The molecule has 0 fully saturated rings. The van der Waals surface area contributed by atoms with Crippen LogP contribution in [-0.2, 0) is 9.53 Å². The Hall–Kier alpha value is -1.32. The van der Waals surface area contributed by atoms with Crippen molar-refractivity contribution in [1.82, 2.24) is 0 Å². The van der Waals surface area contributed by atoms with E-state index in [1.165, 1.54) is 6.08 Å². The molecule has 0 aliphatic heterocycles. The first-order valence-electron chi connectivity index (χ1n) is 6.43. The Labute approximate surface area is 121 Å². The van der Waals surface area contributed by atoms with Crippen LogP contribution in [0.4, 0.5) is 0 Å². The van der Waals surface area contributed by atoms with Gasteiger partial charge in [0.2, 0.25) is 0 Å². The van der Waals surface area contributed by atoms with Crippen molar-refractivity contribution < 1.29 is 9.53 Å². The van der Waals surface area contributed by atoms with E-state index in [1.807, 2.05) is 30.3 Å². The Bertz CT molecular complexity index is 366. The number of ether oxygens (including phenoxy) is 1. The van der Waals surface area contributed by atoms with Crippen molar-refractivity contribution in [3.63, 3.8) is 0 Å². The van der Waals surface area contributed by atoms with E-state index in [9.17, 15) is 4.79 Å². The minimum Gasteiger partial charge on any atom is -0.463 e. The average molecular weight is 284 g/mol. The molecular weight excluding hydrogens is 262 g/mol. The SMILES string of the molecule is Cl.NCCCCCCOC(=O)C=Cc1ccccc1. The fourth-order valence-electron chi connectivity index (χ4n) is 1.55. The van der Waals surface area contributed by atoms with Crippen LogP contribution in [0.5, 0.6) is 0 Å². The fraction of sp³-hybridized carbons (Fsp3) is 0.400. The van der Waals surface area contributed by atoms with Crippen LogP contribution in [0.15, 0.2) is 36.4 Å². The maximum absolute atomic E-state index is 11.4. The largest absolute Gasteiger partial charge is 0.463 e. The lowest BCUT2D eigenvalue weighted by Crippen LogP contribution is -2.03. The van der Waals surface area contributed by atoms with E-state index in [0.717, 1.165) is 37.8 Å². The normalized spacial score (nSPS) is 10.2. The zero-order valence-electron chi connectivity index (χ0n) is 11.1. The van der Waals surface area contributed by atoms with E-state index in [0.29, 0.717) is 6.61 Å². The molecule has 0 aliphatic carbocycles. The highest BCUT2D eigenvalue weighted by Gasteiger charge is 1.96. The Morgan fingerprint density at radius 1 is 1.11 bits per heavy atom. The molecule has 0 spiro atoms. The first-order chi connectivity index (χ1) is 8.83. The Morgan fingerprint density at radius 2 is 1.79 bits per heavy atom. The highest BCUT2D eigenvalue weighted by Crippen LogP contribution is 2.02. The van der Waals surface area contributed by atoms with Gasteiger partial charge in [0.25, 0.3) is 0 Å². The second-order valence-electron chi connectivity index (χ2n) is 4.11. The fourth-order valence-corrected chi connectivity index (χ4v) is 1.55. The minimum absolute atomic E-state index is 0. The summed E-state index contributed by atoms with van der Waals surface area (Å²) >= 11 is 0. The number of hydrogen-bond acceptors (Lipinski definition) is 3. The molecule has 19 heavy (non-hydrogen) atoms. The quantitative estimate of drug-likeness (QED) is 0.453. The zero-order chi connectivity index (χ0) is 13.1. The number of unbranched alkanes of at least 4 members (excludes halogenated alkanes) is 3. The van der Waals surface area contributed by atoms with E-state index < -0.39 is 0 Å². The third-order valence-corrected chi connectivity index (χ3v) is 2.55. The van der Waals surface area contributed by atoms with Crippen molar-refractivity contribution in [2.75, 3.05) is 13.2 Å². The maximum Gasteiger partial charge on any atom is 0.330 e. The molecule has 0 aliphatic rings. The summed E-state index contributed by atoms with van der Waals surface area (Å²) in [6, 6.07) is 9.69. The number of rotatable bonds is 8. The van der Waals surface area contributed by atoms with Crippen molar-refractivity contribution in [3.8, 4) is 0 Å². The van der Waals surface area contributed by atoms with E-state index in [-0.39, 0.29) is 18.4 Å². The van der Waals surface area contributed by atoms with Crippen LogP contribution >= 0.6 is 12.4 Å². The van der Waals surface area contributed by atoms with E-state index >= 15 is 0 Å². The van der Waals surface area contributed by atoms with Gasteiger partial charge in [-0.25, -0.2) is 4.79 Å². The molecule has 3 nitrogen and oxygen atoms in total. The Kier molecular flexibility index (Phi) is 10.9. The van der Waals surface area contributed by atoms with E-state index in [2.05, 4.69) is 0 Å². The summed E-state index contributed by atoms with van der Waals surface area (Å²) in [6.07, 6.45) is 7.35. The zero-order valence-corrected chi connectivity index (χ0v) is 11.9. The molecule has 0 aromatic heterocycles. The van der Waals surface area contributed by atoms with Gasteiger partial charge in [-0.3, -0.25) is 0 Å². The van der Waals surface area contributed by atoms with Gasteiger partial charge in [0.1, 0.15) is 0 Å². The van der Waals surface area contributed by atoms with E-state index in [1.54, 1.807) is 6.08 Å². The lowest BCUT2D eigenvalue weighted by molar-refractivity contribution is -0.137. The van der Waals surface area contributed by atoms with Gasteiger partial charge in [-0.1, -0.05) is 43.2 Å². The number of hydrogen-bond donors (Lipinski definition) is 1. The summed E-state index contributed by atoms with van der Waals surface area (Å²) in [5, 5.41) is 0. The molecule has 0 heterocycles. The monoisotopic (exact) mass is 283 g/mol. The first-order valence-corrected chi connectivity index (χ1v) is 6.43. The molecule has 0 amide bonds. The molecule has 1 aromatic carbocycles. The van der Waals surface area contributed by atoms with Gasteiger partial charge in [-0.2, -0.15) is 0 Å². The average Bonchev–Trinajstić information content (AvgIpc) is 2.41. The molecule has 2 N–H and O–H groups in total. The highest BCUT2D eigenvalue weighted by molar-refractivity contribution is 5.87. The second-order valence-corrected chi connectivity index (χ2v) is 4.11. The molecule has 0 saturated heterocycles. The van der Waals surface area contributed by atoms with Gasteiger partial charge < -0.3 is 10.5 Å². The summed E-state index contributed by atoms with van der Waals surface area (Å²) in [4.78, 5) is 11.4. The summed E-state index contributed by atoms with van der Waals surface area (Å²) in [6.45, 7) is 1.22. The van der Waals surface area contributed by atoms with E-state index in [4.69, 9.17) is 10.5 Å². The van der Waals surface area contributed by atoms with Gasteiger partial charge in [0.15, 0.2) is 0 Å². The van der Waals surface area contributed by atoms with Gasteiger partial charge in [0.05, 0.1) is 6.61 Å².